The first-order valence-electron chi connectivity index (χ1n) is 6.57. The highest BCUT2D eigenvalue weighted by Gasteiger charge is 2.07. The molecule has 0 saturated carbocycles. The second-order valence-corrected chi connectivity index (χ2v) is 4.43. The van der Waals surface area contributed by atoms with Crippen LogP contribution >= 0.6 is 0 Å². The third kappa shape index (κ3) is 2.91. The molecule has 0 aliphatic carbocycles. The van der Waals surface area contributed by atoms with E-state index in [0.717, 1.165) is 37.0 Å². The summed E-state index contributed by atoms with van der Waals surface area (Å²) >= 11 is 0. The van der Waals surface area contributed by atoms with Crippen molar-refractivity contribution in [1.29, 1.82) is 0 Å². The number of hydrogen-bond acceptors (Lipinski definition) is 3. The van der Waals surface area contributed by atoms with Crippen molar-refractivity contribution in [3.63, 3.8) is 0 Å². The van der Waals surface area contributed by atoms with Crippen molar-refractivity contribution >= 4 is 11.8 Å². The maximum absolute atomic E-state index is 4.50. The number of rotatable bonds is 6. The molecule has 0 saturated heterocycles. The molecule has 0 atom stereocenters. The van der Waals surface area contributed by atoms with Crippen LogP contribution < -0.4 is 5.32 Å². The molecule has 2 rings (SSSR count). The third-order valence-corrected chi connectivity index (χ3v) is 2.85. The summed E-state index contributed by atoms with van der Waals surface area (Å²) in [5, 5.41) is 7.68. The van der Waals surface area contributed by atoms with Crippen LogP contribution in [0.2, 0.25) is 0 Å². The third-order valence-electron chi connectivity index (χ3n) is 2.85. The van der Waals surface area contributed by atoms with Crippen molar-refractivity contribution in [3.8, 4) is 0 Å². The van der Waals surface area contributed by atoms with E-state index in [0.29, 0.717) is 0 Å². The monoisotopic (exact) mass is 247 g/mol. The zero-order valence-electron chi connectivity index (χ0n) is 11.3. The fourth-order valence-electron chi connectivity index (χ4n) is 1.86. The molecule has 0 spiro atoms. The lowest BCUT2D eigenvalue weighted by Gasteiger charge is -2.07. The quantitative estimate of drug-likeness (QED) is 0.853. The van der Waals surface area contributed by atoms with E-state index in [9.17, 15) is 0 Å². The van der Waals surface area contributed by atoms with Gasteiger partial charge in [0.15, 0.2) is 5.82 Å². The lowest BCUT2D eigenvalue weighted by atomic mass is 10.3. The van der Waals surface area contributed by atoms with E-state index in [2.05, 4.69) is 40.0 Å². The van der Waals surface area contributed by atoms with Crippen molar-refractivity contribution in [1.82, 2.24) is 19.3 Å². The predicted octanol–water partition coefficient (Wildman–Crippen LogP) is 2.95. The molecular formula is C13H21N5. The average Bonchev–Trinajstić information content (AvgIpc) is 2.94. The number of hydrogen-bond donors (Lipinski definition) is 1. The predicted molar refractivity (Wildman–Crippen MR) is 73.1 cm³/mol. The van der Waals surface area contributed by atoms with Crippen LogP contribution in [0, 0.1) is 6.92 Å². The van der Waals surface area contributed by atoms with E-state index in [1.807, 2.05) is 23.9 Å². The maximum Gasteiger partial charge on any atom is 0.208 e. The van der Waals surface area contributed by atoms with Crippen LogP contribution in [0.5, 0.6) is 0 Å². The molecule has 2 aromatic rings. The number of aromatic nitrogens is 4. The van der Waals surface area contributed by atoms with Crippen molar-refractivity contribution in [2.24, 2.45) is 0 Å². The molecule has 5 heteroatoms. The largest absolute Gasteiger partial charge is 0.317 e. The van der Waals surface area contributed by atoms with Gasteiger partial charge < -0.3 is 9.88 Å². The van der Waals surface area contributed by atoms with Crippen molar-refractivity contribution in [3.05, 3.63) is 24.2 Å². The normalized spacial score (nSPS) is 10.8. The number of nitrogens with zero attached hydrogens (tertiary/aromatic N) is 4. The van der Waals surface area contributed by atoms with Gasteiger partial charge in [0.25, 0.3) is 0 Å². The Morgan fingerprint density at radius 1 is 1.33 bits per heavy atom. The van der Waals surface area contributed by atoms with Gasteiger partial charge >= 0.3 is 0 Å². The SMILES string of the molecule is CCCCn1cc(C)nc1Nc1ccn(CC)n1. The van der Waals surface area contributed by atoms with Gasteiger partial charge in [-0.1, -0.05) is 13.3 Å². The number of aryl methyl sites for hydroxylation is 3. The van der Waals surface area contributed by atoms with Gasteiger partial charge in [0.1, 0.15) is 0 Å². The molecule has 1 N–H and O–H groups in total. The first-order valence-corrected chi connectivity index (χ1v) is 6.57. The Labute approximate surface area is 108 Å². The van der Waals surface area contributed by atoms with E-state index in [4.69, 9.17) is 0 Å². The van der Waals surface area contributed by atoms with Gasteiger partial charge in [0, 0.05) is 31.5 Å². The number of nitrogens with one attached hydrogen (secondary N) is 1. The van der Waals surface area contributed by atoms with Gasteiger partial charge in [-0.15, -0.1) is 0 Å². The van der Waals surface area contributed by atoms with Crippen LogP contribution in [-0.4, -0.2) is 19.3 Å². The van der Waals surface area contributed by atoms with Gasteiger partial charge in [-0.05, 0) is 20.3 Å². The van der Waals surface area contributed by atoms with E-state index in [1.54, 1.807) is 0 Å². The second-order valence-electron chi connectivity index (χ2n) is 4.43. The smallest absolute Gasteiger partial charge is 0.208 e. The minimum absolute atomic E-state index is 0.847. The highest BCUT2D eigenvalue weighted by molar-refractivity contribution is 5.47. The number of unbranched alkanes of at least 4 members (excludes halogenated alkanes) is 1. The highest BCUT2D eigenvalue weighted by atomic mass is 15.3. The zero-order valence-corrected chi connectivity index (χ0v) is 11.3. The lowest BCUT2D eigenvalue weighted by Crippen LogP contribution is -2.04. The van der Waals surface area contributed by atoms with E-state index in [1.165, 1.54) is 6.42 Å². The van der Waals surface area contributed by atoms with E-state index in [-0.39, 0.29) is 0 Å². The minimum atomic E-state index is 0.847. The fourth-order valence-corrected chi connectivity index (χ4v) is 1.86. The van der Waals surface area contributed by atoms with Gasteiger partial charge in [-0.2, -0.15) is 5.10 Å². The standard InChI is InChI=1S/C13H21N5/c1-4-6-8-17-10-11(3)14-13(17)15-12-7-9-18(5-2)16-12/h7,9-10H,4-6,8H2,1-3H3,(H,14,15,16). The van der Waals surface area contributed by atoms with Crippen molar-refractivity contribution in [2.45, 2.75) is 46.7 Å². The fraction of sp³-hybridized carbons (Fsp3) is 0.538. The molecule has 5 nitrogen and oxygen atoms in total. The minimum Gasteiger partial charge on any atom is -0.317 e. The Kier molecular flexibility index (Phi) is 4.02. The summed E-state index contributed by atoms with van der Waals surface area (Å²) in [6.07, 6.45) is 6.39. The van der Waals surface area contributed by atoms with E-state index < -0.39 is 0 Å². The molecule has 0 unspecified atom stereocenters. The van der Waals surface area contributed by atoms with Gasteiger partial charge in [-0.25, -0.2) is 4.98 Å². The van der Waals surface area contributed by atoms with Gasteiger partial charge in [0.2, 0.25) is 5.95 Å². The van der Waals surface area contributed by atoms with Crippen LogP contribution in [0.15, 0.2) is 18.5 Å². The molecule has 98 valence electrons. The van der Waals surface area contributed by atoms with E-state index >= 15 is 0 Å². The summed E-state index contributed by atoms with van der Waals surface area (Å²) in [5.74, 6) is 1.72. The Morgan fingerprint density at radius 3 is 2.83 bits per heavy atom. The van der Waals surface area contributed by atoms with Gasteiger partial charge in [0.05, 0.1) is 5.69 Å². The zero-order chi connectivity index (χ0) is 13.0. The number of imidazole rings is 1. The highest BCUT2D eigenvalue weighted by Crippen LogP contribution is 2.15. The Bertz CT molecular complexity index is 497. The first-order chi connectivity index (χ1) is 8.72. The summed E-state index contributed by atoms with van der Waals surface area (Å²) in [4.78, 5) is 4.50. The Balaban J connectivity index is 2.12. The second kappa shape index (κ2) is 5.71. The first kappa shape index (κ1) is 12.7. The number of anilines is 2. The molecule has 0 aliphatic heterocycles. The molecule has 18 heavy (non-hydrogen) atoms. The topological polar surface area (TPSA) is 47.7 Å². The summed E-state index contributed by atoms with van der Waals surface area (Å²) in [7, 11) is 0. The van der Waals surface area contributed by atoms with Crippen molar-refractivity contribution < 1.29 is 0 Å². The average molecular weight is 247 g/mol. The molecule has 0 bridgehead atoms. The van der Waals surface area contributed by atoms with Crippen LogP contribution in [0.25, 0.3) is 0 Å². The lowest BCUT2D eigenvalue weighted by molar-refractivity contribution is 0.635. The molecule has 2 heterocycles. The molecule has 0 fully saturated rings. The van der Waals surface area contributed by atoms with Crippen LogP contribution in [-0.2, 0) is 13.1 Å². The molecular weight excluding hydrogens is 226 g/mol. The Morgan fingerprint density at radius 2 is 2.17 bits per heavy atom. The Hall–Kier alpha value is -1.78. The molecule has 0 aliphatic rings. The summed E-state index contributed by atoms with van der Waals surface area (Å²) < 4.78 is 4.05. The van der Waals surface area contributed by atoms with Crippen molar-refractivity contribution in [2.75, 3.05) is 5.32 Å². The summed E-state index contributed by atoms with van der Waals surface area (Å²) in [6, 6.07) is 1.97. The van der Waals surface area contributed by atoms with Gasteiger partial charge in [-0.3, -0.25) is 4.68 Å². The molecule has 0 aromatic carbocycles. The molecule has 0 radical (unpaired) electrons. The molecule has 0 amide bonds. The molecule has 2 aromatic heterocycles. The van der Waals surface area contributed by atoms with Crippen LogP contribution in [0.4, 0.5) is 11.8 Å². The summed E-state index contributed by atoms with van der Waals surface area (Å²) in [6.45, 7) is 8.15. The summed E-state index contributed by atoms with van der Waals surface area (Å²) in [5.41, 5.74) is 1.03. The van der Waals surface area contributed by atoms with Crippen LogP contribution in [0.1, 0.15) is 32.4 Å². The maximum atomic E-state index is 4.50. The van der Waals surface area contributed by atoms with Crippen LogP contribution in [0.3, 0.4) is 0 Å².